The Hall–Kier alpha value is -1.94. The van der Waals surface area contributed by atoms with Crippen LogP contribution in [0.1, 0.15) is 375 Å². The van der Waals surface area contributed by atoms with Crippen molar-refractivity contribution in [2.75, 3.05) is 39.6 Å². The maximum Gasteiger partial charge on any atom is 0.472 e. The predicted octanol–water partition coefficient (Wildman–Crippen LogP) is 20.9. The Morgan fingerprint density at radius 2 is 0.505 bits per heavy atom. The van der Waals surface area contributed by atoms with Gasteiger partial charge in [-0.1, -0.05) is 324 Å². The SMILES string of the molecule is CCCCCCCCCCCCCCCCCCCCCCCCC(=O)O[C@H](COC(=O)CCCCCCCCCC(C)C)COP(=O)(O)OC[C@@H](O)COP(=O)(O)OC[C@@H](COC(=O)CCCCCCCCCCC)OC(=O)CCCCCCCCCCCC. The second kappa shape index (κ2) is 65.4. The standard InChI is InChI=1S/C72H140O17P2/c1-6-9-12-15-18-21-23-24-25-26-27-28-29-30-31-32-33-34-37-42-48-53-58-72(77)89-68(62-83-70(75)56-51-46-43-38-39-44-49-54-65(4)5)64-87-91(80,81)85-60-66(73)59-84-90(78,79)86-63-67(61-82-69(74)55-50-45-40-35-20-17-14-11-8-3)88-71(76)57-52-47-41-36-22-19-16-13-10-7-2/h65-68,73H,6-64H2,1-5H3,(H,78,79)(H,80,81)/t66-,67+,68+/m0/s1. The highest BCUT2D eigenvalue weighted by atomic mass is 31.2. The summed E-state index contributed by atoms with van der Waals surface area (Å²) >= 11 is 0. The van der Waals surface area contributed by atoms with Crippen molar-refractivity contribution in [3.8, 4) is 0 Å². The minimum absolute atomic E-state index is 0.106. The fraction of sp³-hybridized carbons (Fsp3) is 0.944. The molecule has 0 spiro atoms. The van der Waals surface area contributed by atoms with E-state index in [1.807, 2.05) is 0 Å². The van der Waals surface area contributed by atoms with E-state index in [0.717, 1.165) is 96.3 Å². The van der Waals surface area contributed by atoms with Gasteiger partial charge in [-0.15, -0.1) is 0 Å². The average molecular weight is 1340 g/mol. The molecule has 0 aliphatic heterocycles. The number of ether oxygens (including phenoxy) is 4. The average Bonchev–Trinajstić information content (AvgIpc) is 3.59. The molecule has 0 bridgehead atoms. The molecular formula is C72H140O17P2. The minimum atomic E-state index is -4.95. The smallest absolute Gasteiger partial charge is 0.462 e. The molecule has 2 unspecified atom stereocenters. The van der Waals surface area contributed by atoms with Crippen LogP contribution in [0.5, 0.6) is 0 Å². The van der Waals surface area contributed by atoms with Crippen molar-refractivity contribution in [3.05, 3.63) is 0 Å². The Labute approximate surface area is 556 Å². The van der Waals surface area contributed by atoms with Gasteiger partial charge in [-0.3, -0.25) is 37.3 Å². The summed E-state index contributed by atoms with van der Waals surface area (Å²) in [5.74, 6) is -1.42. The highest BCUT2D eigenvalue weighted by molar-refractivity contribution is 7.47. The molecule has 0 saturated carbocycles. The molecule has 540 valence electrons. The summed E-state index contributed by atoms with van der Waals surface area (Å²) < 4.78 is 68.2. The Kier molecular flexibility index (Phi) is 64.0. The minimum Gasteiger partial charge on any atom is -0.462 e. The van der Waals surface area contributed by atoms with Crippen molar-refractivity contribution in [2.24, 2.45) is 5.92 Å². The van der Waals surface area contributed by atoms with Gasteiger partial charge in [0, 0.05) is 25.7 Å². The lowest BCUT2D eigenvalue weighted by atomic mass is 10.0. The number of aliphatic hydroxyl groups excluding tert-OH is 1. The van der Waals surface area contributed by atoms with Crippen molar-refractivity contribution in [1.82, 2.24) is 0 Å². The summed E-state index contributed by atoms with van der Waals surface area (Å²) in [5.41, 5.74) is 0. The van der Waals surface area contributed by atoms with Crippen molar-refractivity contribution in [3.63, 3.8) is 0 Å². The van der Waals surface area contributed by atoms with Gasteiger partial charge in [-0.05, 0) is 31.6 Å². The van der Waals surface area contributed by atoms with Crippen LogP contribution in [0.25, 0.3) is 0 Å². The van der Waals surface area contributed by atoms with E-state index in [1.165, 1.54) is 193 Å². The fourth-order valence-corrected chi connectivity index (χ4v) is 12.6. The summed E-state index contributed by atoms with van der Waals surface area (Å²) in [6.07, 6.45) is 53.0. The summed E-state index contributed by atoms with van der Waals surface area (Å²) in [5, 5.41) is 10.6. The Balaban J connectivity index is 5.11. The summed E-state index contributed by atoms with van der Waals surface area (Å²) in [4.78, 5) is 72.4. The van der Waals surface area contributed by atoms with Crippen molar-refractivity contribution in [2.45, 2.75) is 393 Å². The van der Waals surface area contributed by atoms with Gasteiger partial charge in [0.15, 0.2) is 12.2 Å². The third kappa shape index (κ3) is 66.5. The normalized spacial score (nSPS) is 14.0. The molecule has 0 aliphatic rings. The van der Waals surface area contributed by atoms with Gasteiger partial charge < -0.3 is 33.8 Å². The number of phosphoric ester groups is 2. The molecule has 19 heteroatoms. The number of hydrogen-bond acceptors (Lipinski definition) is 15. The largest absolute Gasteiger partial charge is 0.472 e. The Morgan fingerprint density at radius 1 is 0.297 bits per heavy atom. The second-order valence-electron chi connectivity index (χ2n) is 26.5. The maximum atomic E-state index is 13.0. The number of hydrogen-bond donors (Lipinski definition) is 3. The van der Waals surface area contributed by atoms with Crippen LogP contribution in [0.4, 0.5) is 0 Å². The zero-order valence-corrected chi connectivity index (χ0v) is 60.8. The molecule has 0 aromatic carbocycles. The molecule has 0 heterocycles. The van der Waals surface area contributed by atoms with Crippen molar-refractivity contribution in [1.29, 1.82) is 0 Å². The molecule has 0 rings (SSSR count). The lowest BCUT2D eigenvalue weighted by Gasteiger charge is -2.21. The highest BCUT2D eigenvalue weighted by Gasteiger charge is 2.30. The van der Waals surface area contributed by atoms with E-state index in [4.69, 9.17) is 37.0 Å². The molecule has 5 atom stereocenters. The Bertz CT molecular complexity index is 1750. The van der Waals surface area contributed by atoms with Crippen molar-refractivity contribution < 1.29 is 80.2 Å². The van der Waals surface area contributed by atoms with Gasteiger partial charge in [0.05, 0.1) is 26.4 Å². The predicted molar refractivity (Wildman–Crippen MR) is 368 cm³/mol. The first kappa shape index (κ1) is 89.1. The van der Waals surface area contributed by atoms with E-state index in [-0.39, 0.29) is 25.7 Å². The molecule has 17 nitrogen and oxygen atoms in total. The lowest BCUT2D eigenvalue weighted by molar-refractivity contribution is -0.161. The number of carbonyl (C=O) groups is 4. The third-order valence-electron chi connectivity index (χ3n) is 16.8. The molecule has 3 N–H and O–H groups in total. The van der Waals surface area contributed by atoms with E-state index < -0.39 is 97.5 Å². The number of rotatable bonds is 72. The van der Waals surface area contributed by atoms with Crippen LogP contribution in [-0.2, 0) is 65.4 Å². The second-order valence-corrected chi connectivity index (χ2v) is 29.4. The maximum absolute atomic E-state index is 13.0. The summed E-state index contributed by atoms with van der Waals surface area (Å²) in [6.45, 7) is 7.17. The third-order valence-corrected chi connectivity index (χ3v) is 18.7. The fourth-order valence-electron chi connectivity index (χ4n) is 11.0. The lowest BCUT2D eigenvalue weighted by Crippen LogP contribution is -2.30. The van der Waals surface area contributed by atoms with Crippen LogP contribution >= 0.6 is 15.6 Å². The molecular weight excluding hydrogens is 1200 g/mol. The molecule has 91 heavy (non-hydrogen) atoms. The van der Waals surface area contributed by atoms with E-state index in [9.17, 15) is 43.2 Å². The monoisotopic (exact) mass is 1340 g/mol. The van der Waals surface area contributed by atoms with Crippen LogP contribution in [0, 0.1) is 5.92 Å². The summed E-state index contributed by atoms with van der Waals surface area (Å²) in [6, 6.07) is 0. The van der Waals surface area contributed by atoms with Gasteiger partial charge in [-0.2, -0.15) is 0 Å². The van der Waals surface area contributed by atoms with E-state index in [0.29, 0.717) is 31.6 Å². The first-order valence-corrected chi connectivity index (χ1v) is 40.6. The first-order valence-electron chi connectivity index (χ1n) is 37.6. The quantitative estimate of drug-likeness (QED) is 0.0222. The van der Waals surface area contributed by atoms with Gasteiger partial charge in [-0.25, -0.2) is 9.13 Å². The van der Waals surface area contributed by atoms with Crippen molar-refractivity contribution >= 4 is 39.5 Å². The van der Waals surface area contributed by atoms with E-state index >= 15 is 0 Å². The van der Waals surface area contributed by atoms with E-state index in [2.05, 4.69) is 34.6 Å². The van der Waals surface area contributed by atoms with E-state index in [1.54, 1.807) is 0 Å². The van der Waals surface area contributed by atoms with Crippen LogP contribution in [-0.4, -0.2) is 96.7 Å². The van der Waals surface area contributed by atoms with Crippen LogP contribution in [0.3, 0.4) is 0 Å². The molecule has 0 fully saturated rings. The molecule has 0 radical (unpaired) electrons. The van der Waals surface area contributed by atoms with Gasteiger partial charge in [0.25, 0.3) is 0 Å². The first-order chi connectivity index (χ1) is 44.0. The number of phosphoric acid groups is 2. The molecule has 0 amide bonds. The van der Waals surface area contributed by atoms with Gasteiger partial charge in [0.1, 0.15) is 19.3 Å². The van der Waals surface area contributed by atoms with Gasteiger partial charge >= 0.3 is 39.5 Å². The van der Waals surface area contributed by atoms with Crippen LogP contribution < -0.4 is 0 Å². The molecule has 0 aromatic rings. The number of carbonyl (C=O) groups excluding carboxylic acids is 4. The number of unbranched alkanes of at least 4 members (excludes halogenated alkanes) is 44. The zero-order chi connectivity index (χ0) is 67.0. The highest BCUT2D eigenvalue weighted by Crippen LogP contribution is 2.45. The molecule has 0 aliphatic carbocycles. The topological polar surface area (TPSA) is 237 Å². The summed E-state index contributed by atoms with van der Waals surface area (Å²) in [7, 11) is -9.89. The van der Waals surface area contributed by atoms with Crippen LogP contribution in [0.15, 0.2) is 0 Å². The number of aliphatic hydroxyl groups is 1. The molecule has 0 saturated heterocycles. The Morgan fingerprint density at radius 3 is 0.747 bits per heavy atom. The zero-order valence-electron chi connectivity index (χ0n) is 59.0. The van der Waals surface area contributed by atoms with Gasteiger partial charge in [0.2, 0.25) is 0 Å². The molecule has 0 aromatic heterocycles. The van der Waals surface area contributed by atoms with Crippen LogP contribution in [0.2, 0.25) is 0 Å². The number of esters is 4.